The molecule has 3 rings (SSSR count). The number of halogens is 1. The number of carbonyl (C=O) groups is 1. The Labute approximate surface area is 135 Å². The minimum Gasteiger partial charge on any atom is -0.341 e. The second kappa shape index (κ2) is 6.53. The van der Waals surface area contributed by atoms with Crippen molar-refractivity contribution in [1.29, 1.82) is 0 Å². The van der Waals surface area contributed by atoms with Gasteiger partial charge in [-0.2, -0.15) is 0 Å². The monoisotopic (exact) mass is 317 g/mol. The van der Waals surface area contributed by atoms with Crippen LogP contribution in [0.2, 0.25) is 5.02 Å². The third-order valence-corrected chi connectivity index (χ3v) is 4.52. The fraction of sp³-hybridized carbons (Fsp3) is 0.412. The van der Waals surface area contributed by atoms with Crippen molar-refractivity contribution in [2.24, 2.45) is 0 Å². The van der Waals surface area contributed by atoms with Gasteiger partial charge in [0.15, 0.2) is 0 Å². The van der Waals surface area contributed by atoms with Crippen LogP contribution in [-0.4, -0.2) is 33.4 Å². The Kier molecular flexibility index (Phi) is 4.48. The highest BCUT2D eigenvalue weighted by atomic mass is 35.5. The van der Waals surface area contributed by atoms with Gasteiger partial charge in [-0.3, -0.25) is 4.79 Å². The van der Waals surface area contributed by atoms with Crippen LogP contribution < -0.4 is 0 Å². The molecule has 1 atom stereocenters. The zero-order valence-electron chi connectivity index (χ0n) is 12.7. The predicted molar refractivity (Wildman–Crippen MR) is 87.0 cm³/mol. The Bertz CT molecular complexity index is 667. The number of imidazole rings is 1. The van der Waals surface area contributed by atoms with E-state index in [1.807, 2.05) is 40.8 Å². The molecule has 2 heterocycles. The fourth-order valence-corrected chi connectivity index (χ4v) is 3.26. The molecule has 0 unspecified atom stereocenters. The lowest BCUT2D eigenvalue weighted by molar-refractivity contribution is -0.130. The molecule has 1 aromatic heterocycles. The maximum atomic E-state index is 12.5. The van der Waals surface area contributed by atoms with Gasteiger partial charge in [-0.25, -0.2) is 4.98 Å². The highest BCUT2D eigenvalue weighted by Crippen LogP contribution is 2.28. The highest BCUT2D eigenvalue weighted by molar-refractivity contribution is 6.30. The van der Waals surface area contributed by atoms with Gasteiger partial charge in [-0.15, -0.1) is 0 Å². The Morgan fingerprint density at radius 3 is 3.09 bits per heavy atom. The first-order chi connectivity index (χ1) is 10.7. The largest absolute Gasteiger partial charge is 0.341 e. The molecule has 0 bridgehead atoms. The van der Waals surface area contributed by atoms with Crippen molar-refractivity contribution in [2.75, 3.05) is 13.1 Å². The standard InChI is InChI=1S/C17H20ClN3O/c1-2-16-19-7-9-20(16)12-17(22)21-8-6-14(11-21)13-4-3-5-15(18)10-13/h3-5,7,9-10,14H,2,6,8,11-12H2,1H3/t14-/m0/s1. The zero-order chi connectivity index (χ0) is 15.5. The van der Waals surface area contributed by atoms with Crippen molar-refractivity contribution in [3.8, 4) is 0 Å². The molecule has 0 N–H and O–H groups in total. The van der Waals surface area contributed by atoms with Crippen LogP contribution in [0.25, 0.3) is 0 Å². The summed E-state index contributed by atoms with van der Waals surface area (Å²) in [6.45, 7) is 4.02. The van der Waals surface area contributed by atoms with E-state index in [9.17, 15) is 4.79 Å². The molecule has 0 spiro atoms. The number of aryl methyl sites for hydroxylation is 1. The number of aromatic nitrogens is 2. The first kappa shape index (κ1) is 15.1. The fourth-order valence-electron chi connectivity index (χ4n) is 3.06. The molecule has 1 aliphatic heterocycles. The molecule has 0 saturated carbocycles. The molecule has 116 valence electrons. The first-order valence-corrected chi connectivity index (χ1v) is 8.08. The third-order valence-electron chi connectivity index (χ3n) is 4.28. The van der Waals surface area contributed by atoms with Crippen LogP contribution in [0.15, 0.2) is 36.7 Å². The van der Waals surface area contributed by atoms with E-state index < -0.39 is 0 Å². The SMILES string of the molecule is CCc1nccn1CC(=O)N1CC[C@H](c2cccc(Cl)c2)C1. The van der Waals surface area contributed by atoms with Gasteiger partial charge in [0.2, 0.25) is 5.91 Å². The summed E-state index contributed by atoms with van der Waals surface area (Å²) in [5.41, 5.74) is 1.22. The van der Waals surface area contributed by atoms with Crippen LogP contribution in [0.3, 0.4) is 0 Å². The van der Waals surface area contributed by atoms with Crippen molar-refractivity contribution in [3.63, 3.8) is 0 Å². The van der Waals surface area contributed by atoms with Gasteiger partial charge in [-0.05, 0) is 24.1 Å². The summed E-state index contributed by atoms with van der Waals surface area (Å²) in [7, 11) is 0. The average Bonchev–Trinajstić information content (AvgIpc) is 3.16. The topological polar surface area (TPSA) is 38.1 Å². The molecule has 1 saturated heterocycles. The van der Waals surface area contributed by atoms with Crippen LogP contribution in [0.5, 0.6) is 0 Å². The van der Waals surface area contributed by atoms with Crippen molar-refractivity contribution < 1.29 is 4.79 Å². The van der Waals surface area contributed by atoms with Gasteiger partial charge in [0.25, 0.3) is 0 Å². The summed E-state index contributed by atoms with van der Waals surface area (Å²) >= 11 is 6.06. The van der Waals surface area contributed by atoms with E-state index in [0.717, 1.165) is 36.8 Å². The molecule has 1 fully saturated rings. The van der Waals surface area contributed by atoms with Gasteiger partial charge in [0, 0.05) is 42.8 Å². The van der Waals surface area contributed by atoms with E-state index >= 15 is 0 Å². The first-order valence-electron chi connectivity index (χ1n) is 7.70. The second-order valence-corrected chi connectivity index (χ2v) is 6.14. The Morgan fingerprint density at radius 2 is 2.32 bits per heavy atom. The number of nitrogens with zero attached hydrogens (tertiary/aromatic N) is 3. The maximum Gasteiger partial charge on any atom is 0.242 e. The van der Waals surface area contributed by atoms with Gasteiger partial charge >= 0.3 is 0 Å². The minimum atomic E-state index is 0.164. The Balaban J connectivity index is 1.64. The zero-order valence-corrected chi connectivity index (χ0v) is 13.5. The van der Waals surface area contributed by atoms with Crippen molar-refractivity contribution in [3.05, 3.63) is 53.1 Å². The summed E-state index contributed by atoms with van der Waals surface area (Å²) in [6.07, 6.45) is 5.47. The number of benzene rings is 1. The van der Waals surface area contributed by atoms with Crippen molar-refractivity contribution >= 4 is 17.5 Å². The summed E-state index contributed by atoms with van der Waals surface area (Å²) in [6, 6.07) is 7.95. The number of amides is 1. The van der Waals surface area contributed by atoms with E-state index in [-0.39, 0.29) is 5.91 Å². The van der Waals surface area contributed by atoms with Crippen molar-refractivity contribution in [2.45, 2.75) is 32.2 Å². The van der Waals surface area contributed by atoms with E-state index in [4.69, 9.17) is 11.6 Å². The maximum absolute atomic E-state index is 12.5. The molecule has 1 aromatic carbocycles. The highest BCUT2D eigenvalue weighted by Gasteiger charge is 2.27. The van der Waals surface area contributed by atoms with Crippen LogP contribution >= 0.6 is 11.6 Å². The quantitative estimate of drug-likeness (QED) is 0.869. The number of likely N-dealkylation sites (tertiary alicyclic amines) is 1. The lowest BCUT2D eigenvalue weighted by atomic mass is 9.99. The Morgan fingerprint density at radius 1 is 1.45 bits per heavy atom. The molecule has 4 nitrogen and oxygen atoms in total. The average molecular weight is 318 g/mol. The minimum absolute atomic E-state index is 0.164. The number of carbonyl (C=O) groups excluding carboxylic acids is 1. The second-order valence-electron chi connectivity index (χ2n) is 5.71. The van der Waals surface area contributed by atoms with E-state index in [2.05, 4.69) is 11.1 Å². The summed E-state index contributed by atoms with van der Waals surface area (Å²) in [4.78, 5) is 18.7. The molecule has 0 radical (unpaired) electrons. The normalized spacial score (nSPS) is 17.9. The summed E-state index contributed by atoms with van der Waals surface area (Å²) < 4.78 is 1.94. The van der Waals surface area contributed by atoms with E-state index in [0.29, 0.717) is 12.5 Å². The van der Waals surface area contributed by atoms with Crippen molar-refractivity contribution in [1.82, 2.24) is 14.5 Å². The summed E-state index contributed by atoms with van der Waals surface area (Å²) in [5, 5.41) is 0.758. The predicted octanol–water partition coefficient (Wildman–Crippen LogP) is 3.12. The molecule has 1 amide bonds. The third kappa shape index (κ3) is 3.17. The molecule has 2 aromatic rings. The molecule has 0 aliphatic carbocycles. The van der Waals surface area contributed by atoms with Gasteiger partial charge < -0.3 is 9.47 Å². The number of hydrogen-bond donors (Lipinski definition) is 0. The lowest BCUT2D eigenvalue weighted by Gasteiger charge is -2.18. The van der Waals surface area contributed by atoms with Gasteiger partial charge in [0.05, 0.1) is 0 Å². The smallest absolute Gasteiger partial charge is 0.242 e. The summed E-state index contributed by atoms with van der Waals surface area (Å²) in [5.74, 6) is 1.51. The van der Waals surface area contributed by atoms with Gasteiger partial charge in [-0.1, -0.05) is 30.7 Å². The van der Waals surface area contributed by atoms with E-state index in [1.165, 1.54) is 5.56 Å². The van der Waals surface area contributed by atoms with Crippen LogP contribution in [0.1, 0.15) is 30.7 Å². The lowest BCUT2D eigenvalue weighted by Crippen LogP contribution is -2.32. The van der Waals surface area contributed by atoms with Crippen LogP contribution in [0, 0.1) is 0 Å². The molecule has 5 heteroatoms. The van der Waals surface area contributed by atoms with Gasteiger partial charge in [0.1, 0.15) is 12.4 Å². The molecular weight excluding hydrogens is 298 g/mol. The van der Waals surface area contributed by atoms with E-state index in [1.54, 1.807) is 6.20 Å². The molecule has 22 heavy (non-hydrogen) atoms. The van der Waals surface area contributed by atoms with Crippen LogP contribution in [-0.2, 0) is 17.8 Å². The Hall–Kier alpha value is -1.81. The number of hydrogen-bond acceptors (Lipinski definition) is 2. The number of rotatable bonds is 4. The molecule has 1 aliphatic rings. The van der Waals surface area contributed by atoms with Crippen LogP contribution in [0.4, 0.5) is 0 Å². The molecular formula is C17H20ClN3O.